The van der Waals surface area contributed by atoms with Crippen molar-refractivity contribution in [2.24, 2.45) is 5.92 Å². The standard InChI is InChI=1S/C11H15N3O4S/c1-8-4-5-13(7-8)19(17,18)9-2-3-10(12)11(6-9)14(15)16/h2-3,6,8H,4-5,7,12H2,1H3. The number of nitrogens with zero attached hydrogens (tertiary/aromatic N) is 2. The minimum Gasteiger partial charge on any atom is -0.393 e. The second-order valence-corrected chi connectivity index (χ2v) is 6.67. The summed E-state index contributed by atoms with van der Waals surface area (Å²) in [5, 5.41) is 10.8. The van der Waals surface area contributed by atoms with E-state index in [0.717, 1.165) is 12.5 Å². The van der Waals surface area contributed by atoms with Gasteiger partial charge < -0.3 is 5.73 Å². The van der Waals surface area contributed by atoms with Gasteiger partial charge in [0.2, 0.25) is 10.0 Å². The van der Waals surface area contributed by atoms with Crippen LogP contribution in [0.15, 0.2) is 23.1 Å². The Labute approximate surface area is 111 Å². The highest BCUT2D eigenvalue weighted by molar-refractivity contribution is 7.89. The zero-order valence-electron chi connectivity index (χ0n) is 10.4. The summed E-state index contributed by atoms with van der Waals surface area (Å²) in [6.07, 6.45) is 0.802. The zero-order chi connectivity index (χ0) is 14.2. The molecule has 2 rings (SSSR count). The van der Waals surface area contributed by atoms with E-state index < -0.39 is 14.9 Å². The molecule has 0 radical (unpaired) electrons. The molecule has 1 fully saturated rings. The molecule has 1 saturated heterocycles. The fraction of sp³-hybridized carbons (Fsp3) is 0.455. The molecule has 0 spiro atoms. The van der Waals surface area contributed by atoms with Crippen LogP contribution in [0.1, 0.15) is 13.3 Å². The van der Waals surface area contributed by atoms with E-state index in [9.17, 15) is 18.5 Å². The van der Waals surface area contributed by atoms with Gasteiger partial charge in [-0.05, 0) is 24.5 Å². The highest BCUT2D eigenvalue weighted by Gasteiger charge is 2.31. The molecule has 1 heterocycles. The zero-order valence-corrected chi connectivity index (χ0v) is 11.3. The largest absolute Gasteiger partial charge is 0.393 e. The first-order chi connectivity index (χ1) is 8.82. The summed E-state index contributed by atoms with van der Waals surface area (Å²) in [5.74, 6) is 0.304. The molecule has 0 amide bonds. The SMILES string of the molecule is CC1CCN(S(=O)(=O)c2ccc(N)c([N+](=O)[O-])c2)C1. The van der Waals surface area contributed by atoms with Crippen molar-refractivity contribution in [2.75, 3.05) is 18.8 Å². The van der Waals surface area contributed by atoms with Crippen molar-refractivity contribution in [2.45, 2.75) is 18.2 Å². The van der Waals surface area contributed by atoms with E-state index in [-0.39, 0.29) is 16.3 Å². The molecule has 104 valence electrons. The second kappa shape index (κ2) is 4.78. The van der Waals surface area contributed by atoms with Crippen LogP contribution < -0.4 is 5.73 Å². The molecule has 19 heavy (non-hydrogen) atoms. The molecule has 0 aliphatic carbocycles. The first kappa shape index (κ1) is 13.8. The van der Waals surface area contributed by atoms with Crippen LogP contribution in [0.3, 0.4) is 0 Å². The third kappa shape index (κ3) is 2.54. The van der Waals surface area contributed by atoms with Crippen molar-refractivity contribution in [3.05, 3.63) is 28.3 Å². The Hall–Kier alpha value is -1.67. The second-order valence-electron chi connectivity index (χ2n) is 4.73. The molecule has 1 aliphatic heterocycles. The molecule has 1 aliphatic rings. The normalized spacial score (nSPS) is 20.6. The molecule has 2 N–H and O–H groups in total. The lowest BCUT2D eigenvalue weighted by Crippen LogP contribution is -2.28. The number of nitrogen functional groups attached to an aromatic ring is 1. The molecule has 0 saturated carbocycles. The maximum Gasteiger partial charge on any atom is 0.293 e. The van der Waals surface area contributed by atoms with Gasteiger partial charge in [0.1, 0.15) is 5.69 Å². The number of hydrogen-bond donors (Lipinski definition) is 1. The first-order valence-corrected chi connectivity index (χ1v) is 7.30. The number of anilines is 1. The summed E-state index contributed by atoms with van der Waals surface area (Å²) < 4.78 is 26.0. The highest BCUT2D eigenvalue weighted by Crippen LogP contribution is 2.29. The van der Waals surface area contributed by atoms with E-state index in [4.69, 9.17) is 5.73 Å². The maximum absolute atomic E-state index is 12.3. The van der Waals surface area contributed by atoms with Gasteiger partial charge in [0, 0.05) is 19.2 Å². The Bertz CT molecular complexity index is 614. The molecule has 7 nitrogen and oxygen atoms in total. The highest BCUT2D eigenvalue weighted by atomic mass is 32.2. The van der Waals surface area contributed by atoms with Crippen LogP contribution in [0, 0.1) is 16.0 Å². The summed E-state index contributed by atoms with van der Waals surface area (Å²) in [5.41, 5.74) is 5.04. The number of nitro groups is 1. The predicted octanol–water partition coefficient (Wildman–Crippen LogP) is 1.21. The average Bonchev–Trinajstić information content (AvgIpc) is 2.76. The number of rotatable bonds is 3. The third-order valence-corrected chi connectivity index (χ3v) is 5.08. The average molecular weight is 285 g/mol. The van der Waals surface area contributed by atoms with Crippen LogP contribution in [-0.4, -0.2) is 30.7 Å². The summed E-state index contributed by atoms with van der Waals surface area (Å²) in [4.78, 5) is 10.0. The quantitative estimate of drug-likeness (QED) is 0.510. The summed E-state index contributed by atoms with van der Waals surface area (Å²) in [7, 11) is -3.67. The van der Waals surface area contributed by atoms with Gasteiger partial charge in [-0.25, -0.2) is 8.42 Å². The Kier molecular flexibility index (Phi) is 3.46. The Morgan fingerprint density at radius 1 is 1.47 bits per heavy atom. The van der Waals surface area contributed by atoms with Crippen molar-refractivity contribution in [3.63, 3.8) is 0 Å². The number of nitrogens with two attached hydrogens (primary N) is 1. The van der Waals surface area contributed by atoms with Crippen LogP contribution in [0.25, 0.3) is 0 Å². The van der Waals surface area contributed by atoms with Gasteiger partial charge in [-0.15, -0.1) is 0 Å². The lowest BCUT2D eigenvalue weighted by atomic mass is 10.2. The van der Waals surface area contributed by atoms with Crippen LogP contribution in [0.5, 0.6) is 0 Å². The van der Waals surface area contributed by atoms with Gasteiger partial charge in [-0.3, -0.25) is 10.1 Å². The monoisotopic (exact) mass is 285 g/mol. The van der Waals surface area contributed by atoms with Crippen molar-refractivity contribution in [3.8, 4) is 0 Å². The Morgan fingerprint density at radius 3 is 2.68 bits per heavy atom. The van der Waals surface area contributed by atoms with Crippen molar-refractivity contribution in [1.29, 1.82) is 0 Å². The topological polar surface area (TPSA) is 107 Å². The molecule has 1 atom stereocenters. The van der Waals surface area contributed by atoms with E-state index in [2.05, 4.69) is 0 Å². The molecular formula is C11H15N3O4S. The molecule has 0 aromatic heterocycles. The van der Waals surface area contributed by atoms with Gasteiger partial charge in [0.15, 0.2) is 0 Å². The molecule has 1 aromatic rings. The fourth-order valence-corrected chi connectivity index (χ4v) is 3.70. The summed E-state index contributed by atoms with van der Waals surface area (Å²) >= 11 is 0. The van der Waals surface area contributed by atoms with Crippen LogP contribution in [0.2, 0.25) is 0 Å². The Balaban J connectivity index is 2.41. The number of benzene rings is 1. The van der Waals surface area contributed by atoms with E-state index in [0.29, 0.717) is 19.0 Å². The van der Waals surface area contributed by atoms with Gasteiger partial charge in [0.25, 0.3) is 5.69 Å². The van der Waals surface area contributed by atoms with E-state index in [1.165, 1.54) is 16.4 Å². The smallest absolute Gasteiger partial charge is 0.293 e. The molecule has 0 bridgehead atoms. The Morgan fingerprint density at radius 2 is 2.16 bits per heavy atom. The van der Waals surface area contributed by atoms with Crippen LogP contribution >= 0.6 is 0 Å². The van der Waals surface area contributed by atoms with Crippen molar-refractivity contribution in [1.82, 2.24) is 4.31 Å². The van der Waals surface area contributed by atoms with E-state index in [1.54, 1.807) is 0 Å². The summed E-state index contributed by atoms with van der Waals surface area (Å²) in [6.45, 7) is 2.86. The molecular weight excluding hydrogens is 270 g/mol. The van der Waals surface area contributed by atoms with E-state index in [1.807, 2.05) is 6.92 Å². The minimum atomic E-state index is -3.67. The third-order valence-electron chi connectivity index (χ3n) is 3.22. The lowest BCUT2D eigenvalue weighted by molar-refractivity contribution is -0.384. The first-order valence-electron chi connectivity index (χ1n) is 5.86. The van der Waals surface area contributed by atoms with Gasteiger partial charge in [-0.1, -0.05) is 6.92 Å². The number of hydrogen-bond acceptors (Lipinski definition) is 5. The van der Waals surface area contributed by atoms with Gasteiger partial charge in [0.05, 0.1) is 9.82 Å². The maximum atomic E-state index is 12.3. The van der Waals surface area contributed by atoms with Crippen LogP contribution in [0.4, 0.5) is 11.4 Å². The number of nitro benzene ring substituents is 1. The minimum absolute atomic E-state index is 0.0428. The predicted molar refractivity (Wildman–Crippen MR) is 70.0 cm³/mol. The molecule has 1 aromatic carbocycles. The molecule has 8 heteroatoms. The number of sulfonamides is 1. The van der Waals surface area contributed by atoms with Crippen molar-refractivity contribution < 1.29 is 13.3 Å². The van der Waals surface area contributed by atoms with Gasteiger partial charge in [-0.2, -0.15) is 4.31 Å². The lowest BCUT2D eigenvalue weighted by Gasteiger charge is -2.16. The van der Waals surface area contributed by atoms with Crippen LogP contribution in [-0.2, 0) is 10.0 Å². The van der Waals surface area contributed by atoms with E-state index >= 15 is 0 Å². The summed E-state index contributed by atoms with van der Waals surface area (Å²) in [6, 6.07) is 3.58. The molecule has 1 unspecified atom stereocenters. The van der Waals surface area contributed by atoms with Gasteiger partial charge >= 0.3 is 0 Å². The van der Waals surface area contributed by atoms with Crippen molar-refractivity contribution >= 4 is 21.4 Å². The fourth-order valence-electron chi connectivity index (χ4n) is 2.10.